The van der Waals surface area contributed by atoms with Crippen LogP contribution in [0.1, 0.15) is 12.0 Å². The van der Waals surface area contributed by atoms with Crippen LogP contribution in [0.3, 0.4) is 0 Å². The van der Waals surface area contributed by atoms with E-state index in [1.165, 1.54) is 24.9 Å². The van der Waals surface area contributed by atoms with E-state index in [0.717, 1.165) is 26.3 Å². The number of nitrogens with zero attached hydrogens (tertiary/aromatic N) is 1. The Morgan fingerprint density at radius 2 is 2.17 bits per heavy atom. The molecular formula is C15H24N2O. The van der Waals surface area contributed by atoms with Gasteiger partial charge in [-0.15, -0.1) is 0 Å². The lowest BCUT2D eigenvalue weighted by molar-refractivity contribution is -0.00650. The first-order valence-electron chi connectivity index (χ1n) is 6.90. The molecule has 2 rings (SSSR count). The Balaban J connectivity index is 1.74. The molecule has 100 valence electrons. The van der Waals surface area contributed by atoms with E-state index in [9.17, 15) is 0 Å². The molecule has 1 aliphatic heterocycles. The summed E-state index contributed by atoms with van der Waals surface area (Å²) in [4.78, 5) is 2.56. The molecule has 3 nitrogen and oxygen atoms in total. The van der Waals surface area contributed by atoms with Crippen molar-refractivity contribution >= 4 is 0 Å². The van der Waals surface area contributed by atoms with Crippen molar-refractivity contribution in [3.05, 3.63) is 35.9 Å². The summed E-state index contributed by atoms with van der Waals surface area (Å²) in [6.45, 7) is 5.01. The number of ether oxygens (including phenoxy) is 1. The van der Waals surface area contributed by atoms with Gasteiger partial charge in [0.1, 0.15) is 0 Å². The maximum Gasteiger partial charge on any atom is 0.0634 e. The van der Waals surface area contributed by atoms with Gasteiger partial charge in [-0.1, -0.05) is 30.3 Å². The monoisotopic (exact) mass is 248 g/mol. The minimum Gasteiger partial charge on any atom is -0.378 e. The standard InChI is InChI=1S/C15H24N2O/c1-16-12-15-13-18-11-10-17(15)9-5-8-14-6-3-2-4-7-14/h2-4,6-7,15-16H,5,8-13H2,1H3. The lowest BCUT2D eigenvalue weighted by atomic mass is 10.1. The zero-order chi connectivity index (χ0) is 12.6. The van der Waals surface area contributed by atoms with Crippen molar-refractivity contribution in [1.82, 2.24) is 10.2 Å². The fourth-order valence-electron chi connectivity index (χ4n) is 2.54. The number of hydrogen-bond donors (Lipinski definition) is 1. The molecule has 1 heterocycles. The van der Waals surface area contributed by atoms with Crippen molar-refractivity contribution in [1.29, 1.82) is 0 Å². The van der Waals surface area contributed by atoms with Gasteiger partial charge >= 0.3 is 0 Å². The number of morpholine rings is 1. The number of nitrogens with one attached hydrogen (secondary N) is 1. The number of benzene rings is 1. The van der Waals surface area contributed by atoms with Crippen LogP contribution in [0.4, 0.5) is 0 Å². The zero-order valence-corrected chi connectivity index (χ0v) is 11.3. The van der Waals surface area contributed by atoms with E-state index < -0.39 is 0 Å². The Labute approximate surface area is 110 Å². The summed E-state index contributed by atoms with van der Waals surface area (Å²) in [5.41, 5.74) is 1.44. The Morgan fingerprint density at radius 3 is 2.94 bits per heavy atom. The third-order valence-electron chi connectivity index (χ3n) is 3.54. The second kappa shape index (κ2) is 7.52. The van der Waals surface area contributed by atoms with Gasteiger partial charge in [-0.05, 0) is 32.0 Å². The highest BCUT2D eigenvalue weighted by molar-refractivity contribution is 5.14. The molecule has 1 aliphatic rings. The van der Waals surface area contributed by atoms with Crippen LogP contribution in [0.25, 0.3) is 0 Å². The SMILES string of the molecule is CNCC1COCCN1CCCc1ccccc1. The second-order valence-electron chi connectivity index (χ2n) is 4.91. The summed E-state index contributed by atoms with van der Waals surface area (Å²) < 4.78 is 5.55. The molecule has 18 heavy (non-hydrogen) atoms. The van der Waals surface area contributed by atoms with Crippen LogP contribution < -0.4 is 5.32 Å². The molecule has 1 aromatic carbocycles. The van der Waals surface area contributed by atoms with Gasteiger partial charge in [0.05, 0.1) is 13.2 Å². The third kappa shape index (κ3) is 4.09. The topological polar surface area (TPSA) is 24.5 Å². The molecule has 1 atom stereocenters. The van der Waals surface area contributed by atoms with Crippen LogP contribution in [0.5, 0.6) is 0 Å². The highest BCUT2D eigenvalue weighted by Gasteiger charge is 2.21. The molecule has 0 radical (unpaired) electrons. The second-order valence-corrected chi connectivity index (χ2v) is 4.91. The summed E-state index contributed by atoms with van der Waals surface area (Å²) in [5, 5.41) is 3.25. The molecule has 0 spiro atoms. The first kappa shape index (κ1) is 13.5. The van der Waals surface area contributed by atoms with E-state index in [1.807, 2.05) is 7.05 Å². The van der Waals surface area contributed by atoms with Gasteiger partial charge < -0.3 is 10.1 Å². The van der Waals surface area contributed by atoms with Crippen molar-refractivity contribution in [2.24, 2.45) is 0 Å². The smallest absolute Gasteiger partial charge is 0.0634 e. The van der Waals surface area contributed by atoms with Crippen molar-refractivity contribution in [3.8, 4) is 0 Å². The molecule has 0 saturated carbocycles. The normalized spacial score (nSPS) is 21.1. The van der Waals surface area contributed by atoms with Crippen molar-refractivity contribution in [2.75, 3.05) is 39.9 Å². The molecule has 1 unspecified atom stereocenters. The van der Waals surface area contributed by atoms with E-state index in [4.69, 9.17) is 4.74 Å². The molecule has 3 heteroatoms. The molecule has 0 aliphatic carbocycles. The number of hydrogen-bond acceptors (Lipinski definition) is 3. The van der Waals surface area contributed by atoms with Crippen LogP contribution in [0, 0.1) is 0 Å². The highest BCUT2D eigenvalue weighted by Crippen LogP contribution is 2.09. The van der Waals surface area contributed by atoms with Gasteiger partial charge in [-0.25, -0.2) is 0 Å². The van der Waals surface area contributed by atoms with Gasteiger partial charge in [-0.3, -0.25) is 4.90 Å². The molecule has 0 amide bonds. The van der Waals surface area contributed by atoms with Crippen LogP contribution in [0.2, 0.25) is 0 Å². The van der Waals surface area contributed by atoms with E-state index in [0.29, 0.717) is 6.04 Å². The van der Waals surface area contributed by atoms with E-state index in [-0.39, 0.29) is 0 Å². The maximum absolute atomic E-state index is 5.55. The fourth-order valence-corrected chi connectivity index (χ4v) is 2.54. The molecule has 1 saturated heterocycles. The fraction of sp³-hybridized carbons (Fsp3) is 0.600. The maximum atomic E-state index is 5.55. The van der Waals surface area contributed by atoms with E-state index in [1.54, 1.807) is 0 Å². The van der Waals surface area contributed by atoms with Crippen molar-refractivity contribution in [3.63, 3.8) is 0 Å². The lowest BCUT2D eigenvalue weighted by Crippen LogP contribution is -2.50. The van der Waals surface area contributed by atoms with Gasteiger partial charge in [-0.2, -0.15) is 0 Å². The van der Waals surface area contributed by atoms with E-state index >= 15 is 0 Å². The summed E-state index contributed by atoms with van der Waals surface area (Å²) >= 11 is 0. The van der Waals surface area contributed by atoms with Gasteiger partial charge in [0.25, 0.3) is 0 Å². The molecular weight excluding hydrogens is 224 g/mol. The van der Waals surface area contributed by atoms with Crippen LogP contribution in [-0.4, -0.2) is 50.8 Å². The number of aryl methyl sites for hydroxylation is 1. The number of rotatable bonds is 6. The van der Waals surface area contributed by atoms with Gasteiger partial charge in [0, 0.05) is 19.1 Å². The Bertz CT molecular complexity index is 327. The molecule has 0 bridgehead atoms. The average Bonchev–Trinajstić information content (AvgIpc) is 2.42. The van der Waals surface area contributed by atoms with E-state index in [2.05, 4.69) is 40.5 Å². The minimum atomic E-state index is 0.541. The number of likely N-dealkylation sites (N-methyl/N-ethyl adjacent to an activating group) is 1. The van der Waals surface area contributed by atoms with Crippen molar-refractivity contribution in [2.45, 2.75) is 18.9 Å². The van der Waals surface area contributed by atoms with Crippen LogP contribution >= 0.6 is 0 Å². The van der Waals surface area contributed by atoms with Gasteiger partial charge in [0.2, 0.25) is 0 Å². The summed E-state index contributed by atoms with van der Waals surface area (Å²) in [6, 6.07) is 11.3. The van der Waals surface area contributed by atoms with Crippen molar-refractivity contribution < 1.29 is 4.74 Å². The lowest BCUT2D eigenvalue weighted by Gasteiger charge is -2.35. The first-order chi connectivity index (χ1) is 8.90. The van der Waals surface area contributed by atoms with Crippen LogP contribution in [-0.2, 0) is 11.2 Å². The molecule has 1 fully saturated rings. The summed E-state index contributed by atoms with van der Waals surface area (Å²) in [6.07, 6.45) is 2.40. The molecule has 1 aromatic rings. The van der Waals surface area contributed by atoms with Gasteiger partial charge in [0.15, 0.2) is 0 Å². The Hall–Kier alpha value is -0.900. The predicted octanol–water partition coefficient (Wildman–Crippen LogP) is 1.54. The third-order valence-corrected chi connectivity index (χ3v) is 3.54. The Kier molecular flexibility index (Phi) is 5.65. The average molecular weight is 248 g/mol. The first-order valence-corrected chi connectivity index (χ1v) is 6.90. The summed E-state index contributed by atoms with van der Waals surface area (Å²) in [5.74, 6) is 0. The van der Waals surface area contributed by atoms with Crippen LogP contribution in [0.15, 0.2) is 30.3 Å². The highest BCUT2D eigenvalue weighted by atomic mass is 16.5. The quantitative estimate of drug-likeness (QED) is 0.826. The minimum absolute atomic E-state index is 0.541. The zero-order valence-electron chi connectivity index (χ0n) is 11.3. The summed E-state index contributed by atoms with van der Waals surface area (Å²) in [7, 11) is 2.01. The Morgan fingerprint density at radius 1 is 1.33 bits per heavy atom. The largest absolute Gasteiger partial charge is 0.378 e. The predicted molar refractivity (Wildman–Crippen MR) is 74.9 cm³/mol. The molecule has 1 N–H and O–H groups in total. The molecule has 0 aromatic heterocycles.